The summed E-state index contributed by atoms with van der Waals surface area (Å²) < 4.78 is 0. The summed E-state index contributed by atoms with van der Waals surface area (Å²) >= 11 is 6.16. The van der Waals surface area contributed by atoms with Crippen molar-refractivity contribution in [2.45, 2.75) is 20.4 Å². The molecule has 1 N–H and O–H groups in total. The average Bonchev–Trinajstić information content (AvgIpc) is 2.40. The van der Waals surface area contributed by atoms with E-state index in [-0.39, 0.29) is 5.75 Å². The number of rotatable bonds is 4. The Bertz CT molecular complexity index is 531. The van der Waals surface area contributed by atoms with E-state index in [1.807, 2.05) is 0 Å². The lowest BCUT2D eigenvalue weighted by Crippen LogP contribution is -2.22. The number of nitrogens with zero attached hydrogens (tertiary/aromatic N) is 1. The molecular formula is C16H18ClNO. The number of hydrogen-bond donors (Lipinski definition) is 1. The highest BCUT2D eigenvalue weighted by Crippen LogP contribution is 2.28. The number of phenolic OH excluding ortho intramolecular Hbond substituents is 1. The molecule has 2 nitrogen and oxygen atoms in total. The van der Waals surface area contributed by atoms with E-state index < -0.39 is 0 Å². The van der Waals surface area contributed by atoms with Crippen molar-refractivity contribution >= 4 is 17.3 Å². The molecule has 0 saturated carbocycles. The SMILES string of the molecule is CCN(Cc1c(O)cccc1Cl)c1ccc(C)cc1. The molecule has 0 aliphatic heterocycles. The van der Waals surface area contributed by atoms with Gasteiger partial charge in [-0.1, -0.05) is 35.4 Å². The number of phenols is 1. The number of hydrogen-bond acceptors (Lipinski definition) is 2. The van der Waals surface area contributed by atoms with Gasteiger partial charge >= 0.3 is 0 Å². The van der Waals surface area contributed by atoms with Gasteiger partial charge in [0.2, 0.25) is 0 Å². The molecule has 0 spiro atoms. The normalized spacial score (nSPS) is 10.5. The largest absolute Gasteiger partial charge is 0.508 e. The lowest BCUT2D eigenvalue weighted by atomic mass is 10.1. The van der Waals surface area contributed by atoms with E-state index >= 15 is 0 Å². The molecule has 0 radical (unpaired) electrons. The van der Waals surface area contributed by atoms with Gasteiger partial charge in [-0.25, -0.2) is 0 Å². The highest BCUT2D eigenvalue weighted by Gasteiger charge is 2.11. The Labute approximate surface area is 119 Å². The van der Waals surface area contributed by atoms with Crippen LogP contribution in [0.5, 0.6) is 5.75 Å². The number of benzene rings is 2. The predicted octanol–water partition coefficient (Wildman–Crippen LogP) is 4.38. The number of anilines is 1. The third-order valence-corrected chi connectivity index (χ3v) is 3.58. The first kappa shape index (κ1) is 13.8. The minimum Gasteiger partial charge on any atom is -0.508 e. The fourth-order valence-corrected chi connectivity index (χ4v) is 2.27. The lowest BCUT2D eigenvalue weighted by molar-refractivity contribution is 0.467. The van der Waals surface area contributed by atoms with Crippen molar-refractivity contribution in [3.63, 3.8) is 0 Å². The van der Waals surface area contributed by atoms with Crippen LogP contribution in [0.4, 0.5) is 5.69 Å². The first-order valence-electron chi connectivity index (χ1n) is 6.39. The van der Waals surface area contributed by atoms with Gasteiger partial charge in [0.1, 0.15) is 5.75 Å². The highest BCUT2D eigenvalue weighted by molar-refractivity contribution is 6.31. The van der Waals surface area contributed by atoms with E-state index in [9.17, 15) is 5.11 Å². The zero-order chi connectivity index (χ0) is 13.8. The molecule has 0 bridgehead atoms. The van der Waals surface area contributed by atoms with Gasteiger partial charge in [0.15, 0.2) is 0 Å². The Kier molecular flexibility index (Phi) is 4.33. The van der Waals surface area contributed by atoms with Crippen molar-refractivity contribution in [1.82, 2.24) is 0 Å². The quantitative estimate of drug-likeness (QED) is 0.895. The van der Waals surface area contributed by atoms with E-state index in [0.717, 1.165) is 17.8 Å². The van der Waals surface area contributed by atoms with E-state index in [0.29, 0.717) is 11.6 Å². The van der Waals surface area contributed by atoms with E-state index in [1.165, 1.54) is 5.56 Å². The van der Waals surface area contributed by atoms with Crippen molar-refractivity contribution in [3.8, 4) is 5.75 Å². The Balaban J connectivity index is 2.26. The third-order valence-electron chi connectivity index (χ3n) is 3.22. The van der Waals surface area contributed by atoms with Crippen molar-refractivity contribution < 1.29 is 5.11 Å². The Hall–Kier alpha value is -1.67. The second kappa shape index (κ2) is 5.98. The van der Waals surface area contributed by atoms with Gasteiger partial charge in [-0.2, -0.15) is 0 Å². The number of aromatic hydroxyl groups is 1. The Morgan fingerprint density at radius 3 is 2.37 bits per heavy atom. The van der Waals surface area contributed by atoms with Crippen LogP contribution >= 0.6 is 11.6 Å². The zero-order valence-corrected chi connectivity index (χ0v) is 12.0. The van der Waals surface area contributed by atoms with Crippen LogP contribution in [-0.4, -0.2) is 11.7 Å². The van der Waals surface area contributed by atoms with Gasteiger partial charge in [0.05, 0.1) is 0 Å². The summed E-state index contributed by atoms with van der Waals surface area (Å²) in [5.41, 5.74) is 3.14. The molecule has 0 fully saturated rings. The molecule has 0 aliphatic rings. The minimum absolute atomic E-state index is 0.248. The molecular weight excluding hydrogens is 258 g/mol. The molecule has 2 aromatic rings. The maximum atomic E-state index is 9.92. The molecule has 19 heavy (non-hydrogen) atoms. The third kappa shape index (κ3) is 3.21. The topological polar surface area (TPSA) is 23.5 Å². The fourth-order valence-electron chi connectivity index (χ4n) is 2.04. The zero-order valence-electron chi connectivity index (χ0n) is 11.2. The van der Waals surface area contributed by atoms with Gasteiger partial charge in [-0.05, 0) is 38.1 Å². The Morgan fingerprint density at radius 2 is 1.79 bits per heavy atom. The first-order chi connectivity index (χ1) is 9.11. The monoisotopic (exact) mass is 275 g/mol. The summed E-state index contributed by atoms with van der Waals surface area (Å²) in [7, 11) is 0. The molecule has 0 saturated heterocycles. The minimum atomic E-state index is 0.248. The van der Waals surface area contributed by atoms with Crippen LogP contribution in [0, 0.1) is 6.92 Å². The number of halogens is 1. The highest BCUT2D eigenvalue weighted by atomic mass is 35.5. The van der Waals surface area contributed by atoms with Gasteiger partial charge < -0.3 is 10.0 Å². The summed E-state index contributed by atoms with van der Waals surface area (Å²) in [5, 5.41) is 10.5. The standard InChI is InChI=1S/C16H18ClNO/c1-3-18(13-9-7-12(2)8-10-13)11-14-15(17)5-4-6-16(14)19/h4-10,19H,3,11H2,1-2H3. The van der Waals surface area contributed by atoms with Crippen LogP contribution in [0.2, 0.25) is 5.02 Å². The first-order valence-corrected chi connectivity index (χ1v) is 6.77. The summed E-state index contributed by atoms with van der Waals surface area (Å²) in [4.78, 5) is 2.18. The average molecular weight is 276 g/mol. The van der Waals surface area contributed by atoms with Crippen molar-refractivity contribution in [1.29, 1.82) is 0 Å². The van der Waals surface area contributed by atoms with Crippen molar-refractivity contribution in [2.75, 3.05) is 11.4 Å². The molecule has 0 atom stereocenters. The molecule has 3 heteroatoms. The molecule has 2 aromatic carbocycles. The van der Waals surface area contributed by atoms with Crippen LogP contribution in [0.25, 0.3) is 0 Å². The van der Waals surface area contributed by atoms with Gasteiger partial charge in [-0.3, -0.25) is 0 Å². The van der Waals surface area contributed by atoms with Crippen LogP contribution in [0.1, 0.15) is 18.1 Å². The second-order valence-corrected chi connectivity index (χ2v) is 4.99. The van der Waals surface area contributed by atoms with Crippen LogP contribution in [0.15, 0.2) is 42.5 Å². The van der Waals surface area contributed by atoms with Crippen LogP contribution < -0.4 is 4.90 Å². The lowest BCUT2D eigenvalue weighted by Gasteiger charge is -2.24. The smallest absolute Gasteiger partial charge is 0.122 e. The maximum absolute atomic E-state index is 9.92. The van der Waals surface area contributed by atoms with E-state index in [2.05, 4.69) is 43.0 Å². The van der Waals surface area contributed by atoms with Crippen molar-refractivity contribution in [2.24, 2.45) is 0 Å². The summed E-state index contributed by atoms with van der Waals surface area (Å²) in [6.07, 6.45) is 0. The second-order valence-electron chi connectivity index (χ2n) is 4.59. The molecule has 100 valence electrons. The molecule has 0 unspecified atom stereocenters. The van der Waals surface area contributed by atoms with Gasteiger partial charge in [0.25, 0.3) is 0 Å². The van der Waals surface area contributed by atoms with Gasteiger partial charge in [0, 0.05) is 29.4 Å². The fraction of sp³-hybridized carbons (Fsp3) is 0.250. The van der Waals surface area contributed by atoms with E-state index in [4.69, 9.17) is 11.6 Å². The van der Waals surface area contributed by atoms with Crippen LogP contribution in [-0.2, 0) is 6.54 Å². The summed E-state index contributed by atoms with van der Waals surface area (Å²) in [6, 6.07) is 13.6. The molecule has 0 heterocycles. The summed E-state index contributed by atoms with van der Waals surface area (Å²) in [6.45, 7) is 5.62. The van der Waals surface area contributed by atoms with Crippen molar-refractivity contribution in [3.05, 3.63) is 58.6 Å². The number of aryl methyl sites for hydroxylation is 1. The van der Waals surface area contributed by atoms with E-state index in [1.54, 1.807) is 18.2 Å². The molecule has 0 aliphatic carbocycles. The maximum Gasteiger partial charge on any atom is 0.122 e. The van der Waals surface area contributed by atoms with Gasteiger partial charge in [-0.15, -0.1) is 0 Å². The Morgan fingerprint density at radius 1 is 1.11 bits per heavy atom. The molecule has 0 amide bonds. The molecule has 0 aromatic heterocycles. The van der Waals surface area contributed by atoms with Crippen LogP contribution in [0.3, 0.4) is 0 Å². The summed E-state index contributed by atoms with van der Waals surface area (Å²) in [5.74, 6) is 0.248. The molecule has 2 rings (SSSR count). The predicted molar refractivity (Wildman–Crippen MR) is 81.0 cm³/mol.